The van der Waals surface area contributed by atoms with Crippen LogP contribution in [0.1, 0.15) is 201 Å². The van der Waals surface area contributed by atoms with Crippen molar-refractivity contribution in [3.63, 3.8) is 0 Å². The van der Waals surface area contributed by atoms with E-state index in [-0.39, 0.29) is 23.8 Å². The molecular formula is C48H83NO6. The minimum absolute atomic E-state index is 0.0277. The monoisotopic (exact) mass is 770 g/mol. The molecule has 1 aliphatic heterocycles. The van der Waals surface area contributed by atoms with E-state index in [9.17, 15) is 14.4 Å². The van der Waals surface area contributed by atoms with E-state index in [1.165, 1.54) is 70.9 Å². The minimum Gasteiger partial charge on any atom is -0.466 e. The van der Waals surface area contributed by atoms with Gasteiger partial charge in [-0.2, -0.15) is 0 Å². The smallest absolute Gasteiger partial charge is 0.308 e. The molecule has 0 saturated carbocycles. The van der Waals surface area contributed by atoms with E-state index in [0.29, 0.717) is 44.5 Å². The van der Waals surface area contributed by atoms with Crippen molar-refractivity contribution in [2.45, 2.75) is 201 Å². The van der Waals surface area contributed by atoms with Crippen molar-refractivity contribution in [1.82, 2.24) is 4.90 Å². The van der Waals surface area contributed by atoms with Crippen molar-refractivity contribution in [2.24, 2.45) is 17.8 Å². The van der Waals surface area contributed by atoms with Gasteiger partial charge in [-0.3, -0.25) is 14.4 Å². The maximum absolute atomic E-state index is 13.2. The topological polar surface area (TPSA) is 82.1 Å². The number of likely N-dealkylation sites (tertiary alicyclic amines) is 1. The summed E-state index contributed by atoms with van der Waals surface area (Å²) >= 11 is 0. The second kappa shape index (κ2) is 37.1. The number of carbonyl (C=O) groups excluding carboxylic acids is 3. The molecule has 0 aliphatic carbocycles. The molecule has 55 heavy (non-hydrogen) atoms. The lowest BCUT2D eigenvalue weighted by Gasteiger charge is -2.26. The molecule has 0 radical (unpaired) electrons. The number of esters is 3. The molecule has 1 rings (SSSR count). The molecule has 0 spiro atoms. The number of ether oxygens (including phenoxy) is 3. The van der Waals surface area contributed by atoms with Gasteiger partial charge in [0.2, 0.25) is 0 Å². The average molecular weight is 770 g/mol. The first kappa shape index (κ1) is 50.5. The van der Waals surface area contributed by atoms with Gasteiger partial charge in [-0.05, 0) is 108 Å². The first-order chi connectivity index (χ1) is 26.9. The fourth-order valence-corrected chi connectivity index (χ4v) is 7.43. The maximum Gasteiger partial charge on any atom is 0.308 e. The highest BCUT2D eigenvalue weighted by atomic mass is 16.5. The molecule has 0 amide bonds. The summed E-state index contributed by atoms with van der Waals surface area (Å²) in [6.07, 6.45) is 30.8. The third-order valence-corrected chi connectivity index (χ3v) is 11.1. The van der Waals surface area contributed by atoms with Crippen molar-refractivity contribution >= 4 is 17.9 Å². The molecule has 1 heterocycles. The first-order valence-corrected chi connectivity index (χ1v) is 23.0. The first-order valence-electron chi connectivity index (χ1n) is 23.0. The Morgan fingerprint density at radius 1 is 0.618 bits per heavy atom. The summed E-state index contributed by atoms with van der Waals surface area (Å²) in [5, 5.41) is 0. The number of hydrogen-bond donors (Lipinski definition) is 0. The van der Waals surface area contributed by atoms with Crippen LogP contribution in [0.2, 0.25) is 0 Å². The van der Waals surface area contributed by atoms with Crippen LogP contribution in [0, 0.1) is 17.8 Å². The van der Waals surface area contributed by atoms with E-state index >= 15 is 0 Å². The van der Waals surface area contributed by atoms with Crippen molar-refractivity contribution < 1.29 is 28.6 Å². The molecule has 3 atom stereocenters. The van der Waals surface area contributed by atoms with Crippen LogP contribution in [0.15, 0.2) is 29.8 Å². The number of hydrogen-bond acceptors (Lipinski definition) is 7. The number of unbranched alkanes of at least 4 members (excludes halogenated alkanes) is 12. The van der Waals surface area contributed by atoms with E-state index < -0.39 is 0 Å². The summed E-state index contributed by atoms with van der Waals surface area (Å²) in [4.78, 5) is 40.2. The molecule has 0 bridgehead atoms. The average Bonchev–Trinajstić information content (AvgIpc) is 3.18. The van der Waals surface area contributed by atoms with Crippen LogP contribution in [0.25, 0.3) is 0 Å². The van der Waals surface area contributed by atoms with Crippen LogP contribution in [0.4, 0.5) is 0 Å². The Morgan fingerprint density at radius 3 is 1.76 bits per heavy atom. The number of allylic oxidation sites excluding steroid dienone is 1. The number of piperidine rings is 1. The van der Waals surface area contributed by atoms with Crippen LogP contribution >= 0.6 is 0 Å². The number of nitrogens with zero attached hydrogens (tertiary/aromatic N) is 1. The molecule has 3 unspecified atom stereocenters. The van der Waals surface area contributed by atoms with Crippen molar-refractivity contribution in [3.05, 3.63) is 29.8 Å². The van der Waals surface area contributed by atoms with Gasteiger partial charge in [0.25, 0.3) is 0 Å². The van der Waals surface area contributed by atoms with Gasteiger partial charge in [-0.15, -0.1) is 0 Å². The molecule has 1 saturated heterocycles. The van der Waals surface area contributed by atoms with Crippen LogP contribution in [0.3, 0.4) is 0 Å². The maximum atomic E-state index is 13.2. The van der Waals surface area contributed by atoms with Crippen LogP contribution in [0.5, 0.6) is 0 Å². The molecular weight excluding hydrogens is 687 g/mol. The summed E-state index contributed by atoms with van der Waals surface area (Å²) in [5.74, 6) is 0.688. The minimum atomic E-state index is -0.112. The van der Waals surface area contributed by atoms with Gasteiger partial charge in [-0.25, -0.2) is 0 Å². The Morgan fingerprint density at radius 2 is 1.16 bits per heavy atom. The van der Waals surface area contributed by atoms with Gasteiger partial charge < -0.3 is 19.1 Å². The molecule has 1 fully saturated rings. The third-order valence-electron chi connectivity index (χ3n) is 11.1. The summed E-state index contributed by atoms with van der Waals surface area (Å²) in [5.41, 5.74) is 8.37. The van der Waals surface area contributed by atoms with Gasteiger partial charge in [0.05, 0.1) is 25.7 Å². The highest BCUT2D eigenvalue weighted by molar-refractivity contribution is 5.72. The fraction of sp³-hybridized carbons (Fsp3) is 0.833. The lowest BCUT2D eigenvalue weighted by molar-refractivity contribution is -0.149. The highest BCUT2D eigenvalue weighted by Crippen LogP contribution is 2.22. The van der Waals surface area contributed by atoms with Crippen LogP contribution in [-0.2, 0) is 28.6 Å². The molecule has 316 valence electrons. The predicted molar refractivity (Wildman–Crippen MR) is 227 cm³/mol. The molecule has 1 aliphatic rings. The number of carbonyl (C=O) groups is 3. The van der Waals surface area contributed by atoms with E-state index in [1.807, 2.05) is 6.08 Å². The molecule has 0 aromatic heterocycles. The van der Waals surface area contributed by atoms with Gasteiger partial charge in [-0.1, -0.05) is 135 Å². The Hall–Kier alpha value is -2.55. The molecule has 7 heteroatoms. The largest absolute Gasteiger partial charge is 0.466 e. The van der Waals surface area contributed by atoms with Gasteiger partial charge in [0.1, 0.15) is 0 Å². The predicted octanol–water partition coefficient (Wildman–Crippen LogP) is 12.4. The molecule has 7 nitrogen and oxygen atoms in total. The van der Waals surface area contributed by atoms with E-state index in [2.05, 4.69) is 49.4 Å². The second-order valence-electron chi connectivity index (χ2n) is 16.2. The summed E-state index contributed by atoms with van der Waals surface area (Å²) in [6.45, 7) is 15.1. The van der Waals surface area contributed by atoms with Gasteiger partial charge >= 0.3 is 17.9 Å². The van der Waals surface area contributed by atoms with Gasteiger partial charge in [0.15, 0.2) is 0 Å². The fourth-order valence-electron chi connectivity index (χ4n) is 7.43. The molecule has 0 aromatic rings. The highest BCUT2D eigenvalue weighted by Gasteiger charge is 2.20. The summed E-state index contributed by atoms with van der Waals surface area (Å²) in [6, 6.07) is 0. The van der Waals surface area contributed by atoms with Crippen molar-refractivity contribution in [1.29, 1.82) is 0 Å². The van der Waals surface area contributed by atoms with Crippen molar-refractivity contribution in [2.75, 3.05) is 39.5 Å². The normalized spacial score (nSPS) is 14.5. The Labute approximate surface area is 338 Å². The summed E-state index contributed by atoms with van der Waals surface area (Å²) < 4.78 is 16.9. The quantitative estimate of drug-likeness (QED) is 0.0272. The van der Waals surface area contributed by atoms with E-state index in [0.717, 1.165) is 116 Å². The zero-order chi connectivity index (χ0) is 40.0. The summed E-state index contributed by atoms with van der Waals surface area (Å²) in [7, 11) is 0. The zero-order valence-corrected chi connectivity index (χ0v) is 36.0. The SMILES string of the molecule is C=C=C=C=CC(CCCCC)CCOC(=O)CCCCCCCC(CCCCCCCC(=O)OCCC(C)CCCCC)C(=O)OCCCN1CCCCC1. The lowest BCUT2D eigenvalue weighted by Crippen LogP contribution is -2.31. The molecule has 0 aromatic carbocycles. The standard InChI is InChI=1S/C48H83NO6/c1-5-8-18-28-43(4)35-41-53-46(50)33-23-15-11-13-21-31-45(48(52)55-40-27-39-49-37-25-17-26-38-49)32-22-14-12-16-24-34-47(51)54-42-36-44(29-19-9-6-2)30-20-10-7-3/h29,43-45H,2,5,7-8,10-18,20-28,30-42H2,1,3-4H3. The van der Waals surface area contributed by atoms with Gasteiger partial charge in [0, 0.05) is 19.4 Å². The Bertz CT molecular complexity index is 1080. The molecule has 0 N–H and O–H groups in total. The second-order valence-corrected chi connectivity index (χ2v) is 16.2. The number of rotatable bonds is 36. The Kier molecular flexibility index (Phi) is 34.0. The lowest BCUT2D eigenvalue weighted by atomic mass is 9.94. The Balaban J connectivity index is 2.31. The third kappa shape index (κ3) is 31.3. The van der Waals surface area contributed by atoms with Crippen molar-refractivity contribution in [3.8, 4) is 0 Å². The van der Waals surface area contributed by atoms with Crippen LogP contribution < -0.4 is 0 Å². The van der Waals surface area contributed by atoms with Crippen LogP contribution in [-0.4, -0.2) is 62.3 Å². The van der Waals surface area contributed by atoms with E-state index in [4.69, 9.17) is 14.2 Å². The van der Waals surface area contributed by atoms with E-state index in [1.54, 1.807) is 0 Å². The zero-order valence-electron chi connectivity index (χ0n) is 36.0.